The zero-order valence-corrected chi connectivity index (χ0v) is 12.3. The molecule has 1 rings (SSSR count). The van der Waals surface area contributed by atoms with Gasteiger partial charge in [-0.2, -0.15) is 0 Å². The van der Waals surface area contributed by atoms with Crippen molar-refractivity contribution in [3.8, 4) is 0 Å². The lowest BCUT2D eigenvalue weighted by molar-refractivity contribution is 0.163. The molecule has 1 N–H and O–H groups in total. The van der Waals surface area contributed by atoms with Gasteiger partial charge in [0.2, 0.25) is 5.95 Å². The van der Waals surface area contributed by atoms with Crippen molar-refractivity contribution < 1.29 is 4.74 Å². The number of methoxy groups -OCH3 is 1. The molecule has 18 heavy (non-hydrogen) atoms. The Labute approximate surface area is 111 Å². The molecule has 0 saturated heterocycles. The number of imidazole rings is 1. The summed E-state index contributed by atoms with van der Waals surface area (Å²) in [7, 11) is 1.73. The van der Waals surface area contributed by atoms with Gasteiger partial charge in [0.25, 0.3) is 0 Å². The largest absolute Gasteiger partial charge is 0.383 e. The number of nitrogens with one attached hydrogen (secondary N) is 1. The lowest BCUT2D eigenvalue weighted by Gasteiger charge is -2.21. The third-order valence-corrected chi connectivity index (χ3v) is 3.38. The van der Waals surface area contributed by atoms with Crippen molar-refractivity contribution in [3.05, 3.63) is 12.4 Å². The maximum atomic E-state index is 5.19. The van der Waals surface area contributed by atoms with Crippen LogP contribution in [0.2, 0.25) is 0 Å². The Morgan fingerprint density at radius 3 is 2.72 bits per heavy atom. The van der Waals surface area contributed by atoms with E-state index in [0.717, 1.165) is 11.9 Å². The van der Waals surface area contributed by atoms with E-state index in [9.17, 15) is 0 Å². The number of hydrogen-bond acceptors (Lipinski definition) is 3. The molecule has 3 atom stereocenters. The summed E-state index contributed by atoms with van der Waals surface area (Å²) in [5.41, 5.74) is 0. The molecule has 0 radical (unpaired) electrons. The van der Waals surface area contributed by atoms with E-state index in [1.165, 1.54) is 12.8 Å². The van der Waals surface area contributed by atoms with E-state index in [1.807, 2.05) is 12.4 Å². The summed E-state index contributed by atoms with van der Waals surface area (Å²) < 4.78 is 7.33. The molecule has 1 aromatic rings. The van der Waals surface area contributed by atoms with Gasteiger partial charge < -0.3 is 14.6 Å². The molecule has 0 aliphatic carbocycles. The Kier molecular flexibility index (Phi) is 6.19. The quantitative estimate of drug-likeness (QED) is 0.772. The summed E-state index contributed by atoms with van der Waals surface area (Å²) in [6, 6.07) is 0.742. The SMILES string of the molecule is CCC(C)CC(C)Nc1nccn1C(C)COC. The molecule has 0 aliphatic rings. The normalized spacial score (nSPS) is 16.3. The average Bonchev–Trinajstić information content (AvgIpc) is 2.77. The summed E-state index contributed by atoms with van der Waals surface area (Å²) in [6.07, 6.45) is 6.23. The number of hydrogen-bond donors (Lipinski definition) is 1. The highest BCUT2D eigenvalue weighted by Crippen LogP contribution is 2.17. The summed E-state index contributed by atoms with van der Waals surface area (Å²) in [5, 5.41) is 3.49. The number of rotatable bonds is 8. The van der Waals surface area contributed by atoms with E-state index in [1.54, 1.807) is 7.11 Å². The van der Waals surface area contributed by atoms with Crippen molar-refractivity contribution in [1.29, 1.82) is 0 Å². The van der Waals surface area contributed by atoms with Crippen LogP contribution in [0.25, 0.3) is 0 Å². The van der Waals surface area contributed by atoms with Gasteiger partial charge in [0.05, 0.1) is 12.6 Å². The van der Waals surface area contributed by atoms with Crippen LogP contribution >= 0.6 is 0 Å². The van der Waals surface area contributed by atoms with Crippen molar-refractivity contribution in [2.75, 3.05) is 19.0 Å². The lowest BCUT2D eigenvalue weighted by Crippen LogP contribution is -2.22. The first-order valence-electron chi connectivity index (χ1n) is 6.86. The Morgan fingerprint density at radius 2 is 2.11 bits per heavy atom. The molecule has 1 heterocycles. The second-order valence-electron chi connectivity index (χ2n) is 5.26. The van der Waals surface area contributed by atoms with Crippen molar-refractivity contribution in [2.45, 2.75) is 52.6 Å². The lowest BCUT2D eigenvalue weighted by atomic mass is 10.0. The van der Waals surface area contributed by atoms with E-state index in [-0.39, 0.29) is 0 Å². The van der Waals surface area contributed by atoms with Crippen molar-refractivity contribution >= 4 is 5.95 Å². The highest BCUT2D eigenvalue weighted by atomic mass is 16.5. The van der Waals surface area contributed by atoms with Crippen LogP contribution in [0, 0.1) is 5.92 Å². The zero-order chi connectivity index (χ0) is 13.5. The molecule has 0 aliphatic heterocycles. The van der Waals surface area contributed by atoms with Gasteiger partial charge in [0.1, 0.15) is 0 Å². The molecular formula is C14H27N3O. The first-order chi connectivity index (χ1) is 8.58. The minimum absolute atomic E-state index is 0.302. The van der Waals surface area contributed by atoms with E-state index in [4.69, 9.17) is 4.74 Å². The van der Waals surface area contributed by atoms with E-state index in [2.05, 4.69) is 42.6 Å². The molecule has 0 spiro atoms. The van der Waals surface area contributed by atoms with Gasteiger partial charge >= 0.3 is 0 Å². The third kappa shape index (κ3) is 4.33. The van der Waals surface area contributed by atoms with Crippen LogP contribution in [0.4, 0.5) is 5.95 Å². The van der Waals surface area contributed by atoms with Gasteiger partial charge in [-0.3, -0.25) is 0 Å². The Balaban J connectivity index is 2.59. The molecule has 0 bridgehead atoms. The van der Waals surface area contributed by atoms with E-state index >= 15 is 0 Å². The number of ether oxygens (including phenoxy) is 1. The fraction of sp³-hybridized carbons (Fsp3) is 0.786. The molecule has 4 nitrogen and oxygen atoms in total. The second kappa shape index (κ2) is 7.41. The second-order valence-corrected chi connectivity index (χ2v) is 5.26. The maximum Gasteiger partial charge on any atom is 0.203 e. The van der Waals surface area contributed by atoms with E-state index in [0.29, 0.717) is 18.7 Å². The van der Waals surface area contributed by atoms with Crippen LogP contribution in [0.1, 0.15) is 46.6 Å². The first kappa shape index (κ1) is 15.0. The van der Waals surface area contributed by atoms with Crippen LogP contribution in [0.5, 0.6) is 0 Å². The molecule has 3 unspecified atom stereocenters. The monoisotopic (exact) mass is 253 g/mol. The third-order valence-electron chi connectivity index (χ3n) is 3.38. The highest BCUT2D eigenvalue weighted by Gasteiger charge is 2.13. The number of nitrogens with zero attached hydrogens (tertiary/aromatic N) is 2. The predicted octanol–water partition coefficient (Wildman–Crippen LogP) is 3.33. The fourth-order valence-corrected chi connectivity index (χ4v) is 2.15. The molecule has 0 aromatic carbocycles. The molecule has 104 valence electrons. The van der Waals surface area contributed by atoms with Gasteiger partial charge in [0, 0.05) is 25.5 Å². The highest BCUT2D eigenvalue weighted by molar-refractivity contribution is 5.28. The van der Waals surface area contributed by atoms with Crippen LogP contribution in [-0.2, 0) is 4.74 Å². The summed E-state index contributed by atoms with van der Waals surface area (Å²) in [4.78, 5) is 4.39. The van der Waals surface area contributed by atoms with Crippen LogP contribution < -0.4 is 5.32 Å². The smallest absolute Gasteiger partial charge is 0.203 e. The molecule has 0 fully saturated rings. The molecule has 0 amide bonds. The Bertz CT molecular complexity index is 338. The average molecular weight is 253 g/mol. The Hall–Kier alpha value is -1.03. The molecular weight excluding hydrogens is 226 g/mol. The van der Waals surface area contributed by atoms with Gasteiger partial charge in [0.15, 0.2) is 0 Å². The fourth-order valence-electron chi connectivity index (χ4n) is 2.15. The van der Waals surface area contributed by atoms with E-state index < -0.39 is 0 Å². The van der Waals surface area contributed by atoms with Crippen molar-refractivity contribution in [1.82, 2.24) is 9.55 Å². The minimum atomic E-state index is 0.302. The topological polar surface area (TPSA) is 39.1 Å². The number of anilines is 1. The number of aromatic nitrogens is 2. The molecule has 0 saturated carbocycles. The molecule has 4 heteroatoms. The van der Waals surface area contributed by atoms with Gasteiger partial charge in [-0.25, -0.2) is 4.98 Å². The first-order valence-corrected chi connectivity index (χ1v) is 6.86. The van der Waals surface area contributed by atoms with Crippen LogP contribution in [-0.4, -0.2) is 29.3 Å². The van der Waals surface area contributed by atoms with Crippen LogP contribution in [0.3, 0.4) is 0 Å². The van der Waals surface area contributed by atoms with Gasteiger partial charge in [-0.1, -0.05) is 20.3 Å². The predicted molar refractivity (Wildman–Crippen MR) is 76.0 cm³/mol. The van der Waals surface area contributed by atoms with Crippen LogP contribution in [0.15, 0.2) is 12.4 Å². The summed E-state index contributed by atoms with van der Waals surface area (Å²) in [5.74, 6) is 1.68. The zero-order valence-electron chi connectivity index (χ0n) is 12.3. The summed E-state index contributed by atoms with van der Waals surface area (Å²) in [6.45, 7) is 9.57. The maximum absolute atomic E-state index is 5.19. The van der Waals surface area contributed by atoms with Crippen molar-refractivity contribution in [3.63, 3.8) is 0 Å². The minimum Gasteiger partial charge on any atom is -0.383 e. The summed E-state index contributed by atoms with van der Waals surface area (Å²) >= 11 is 0. The van der Waals surface area contributed by atoms with Crippen molar-refractivity contribution in [2.24, 2.45) is 5.92 Å². The standard InChI is InChI=1S/C14H27N3O/c1-6-11(2)9-12(3)16-14-15-7-8-17(14)13(4)10-18-5/h7-8,11-13H,6,9-10H2,1-5H3,(H,15,16). The Morgan fingerprint density at radius 1 is 1.39 bits per heavy atom. The van der Waals surface area contributed by atoms with Gasteiger partial charge in [-0.15, -0.1) is 0 Å². The van der Waals surface area contributed by atoms with Gasteiger partial charge in [-0.05, 0) is 26.2 Å². The molecule has 1 aromatic heterocycles.